The molecule has 1 aromatic rings. The van der Waals surface area contributed by atoms with E-state index in [1.807, 2.05) is 0 Å². The van der Waals surface area contributed by atoms with Crippen molar-refractivity contribution in [2.75, 3.05) is 0 Å². The fourth-order valence-corrected chi connectivity index (χ4v) is 1.22. The number of carboxylic acid groups (broad SMARTS) is 1. The second kappa shape index (κ2) is 3.49. The van der Waals surface area contributed by atoms with Crippen molar-refractivity contribution in [3.8, 4) is 0 Å². The molecule has 4 heteroatoms. The summed E-state index contributed by atoms with van der Waals surface area (Å²) in [5, 5.41) is 10.2. The first kappa shape index (κ1) is 8.93. The highest BCUT2D eigenvalue weighted by molar-refractivity contribution is 9.10. The summed E-state index contributed by atoms with van der Waals surface area (Å²) in [7, 11) is 0. The first-order valence-corrected chi connectivity index (χ1v) is 3.92. The van der Waals surface area contributed by atoms with Crippen molar-refractivity contribution in [2.45, 2.75) is 0 Å². The summed E-state index contributed by atoms with van der Waals surface area (Å²) in [5.41, 5.74) is 0.109. The number of carbonyl (C=O) groups is 2. The van der Waals surface area contributed by atoms with Crippen molar-refractivity contribution in [2.24, 2.45) is 0 Å². The van der Waals surface area contributed by atoms with E-state index in [2.05, 4.69) is 15.9 Å². The Bertz CT molecular complexity index is 333. The number of hydrogen-bond acceptors (Lipinski definition) is 3. The van der Waals surface area contributed by atoms with Crippen molar-refractivity contribution < 1.29 is 14.7 Å². The molecule has 0 fully saturated rings. The summed E-state index contributed by atoms with van der Waals surface area (Å²) in [6.07, 6.45) is 0. The van der Waals surface area contributed by atoms with E-state index in [0.29, 0.717) is 4.47 Å². The predicted molar refractivity (Wildman–Crippen MR) is 43.5 cm³/mol. The maximum absolute atomic E-state index is 10.9. The Labute approximate surface area is 77.1 Å². The van der Waals surface area contributed by atoms with Crippen molar-refractivity contribution in [1.82, 2.24) is 0 Å². The standard InChI is InChI=1S/C8H5BrO3/c9-6-4-2-1-3-5(6)7(10)8(11)12/h1-4H,(H,11,12)/p-1. The number of ketones is 1. The van der Waals surface area contributed by atoms with Crippen LogP contribution in [0.15, 0.2) is 28.7 Å². The van der Waals surface area contributed by atoms with Crippen LogP contribution in [0.4, 0.5) is 0 Å². The molecule has 0 bridgehead atoms. The molecule has 3 nitrogen and oxygen atoms in total. The lowest BCUT2D eigenvalue weighted by Gasteiger charge is -2.02. The zero-order valence-electron chi connectivity index (χ0n) is 5.91. The predicted octanol–water partition coefficient (Wildman–Crippen LogP) is 0.382. The van der Waals surface area contributed by atoms with Crippen LogP contribution < -0.4 is 5.11 Å². The van der Waals surface area contributed by atoms with Crippen molar-refractivity contribution in [3.05, 3.63) is 34.3 Å². The lowest BCUT2D eigenvalue weighted by Crippen LogP contribution is -2.31. The van der Waals surface area contributed by atoms with Gasteiger partial charge in [-0.2, -0.15) is 0 Å². The van der Waals surface area contributed by atoms with E-state index >= 15 is 0 Å². The van der Waals surface area contributed by atoms with Gasteiger partial charge < -0.3 is 9.90 Å². The van der Waals surface area contributed by atoms with Crippen LogP contribution in [0.1, 0.15) is 10.4 Å². The van der Waals surface area contributed by atoms with Gasteiger partial charge in [-0.05, 0) is 12.1 Å². The van der Waals surface area contributed by atoms with Crippen molar-refractivity contribution >= 4 is 27.7 Å². The van der Waals surface area contributed by atoms with Gasteiger partial charge in [0.25, 0.3) is 0 Å². The molecule has 0 unspecified atom stereocenters. The molecule has 12 heavy (non-hydrogen) atoms. The summed E-state index contributed by atoms with van der Waals surface area (Å²) in [4.78, 5) is 21.0. The molecule has 1 aromatic carbocycles. The van der Waals surface area contributed by atoms with Gasteiger partial charge in [-0.1, -0.05) is 28.1 Å². The number of aliphatic carboxylic acids is 1. The van der Waals surface area contributed by atoms with E-state index in [-0.39, 0.29) is 5.56 Å². The second-order valence-corrected chi connectivity index (χ2v) is 2.95. The SMILES string of the molecule is O=C([O-])C(=O)c1ccccc1Br. The zero-order chi connectivity index (χ0) is 9.14. The molecule has 0 aliphatic rings. The van der Waals surface area contributed by atoms with Crippen LogP contribution in [0.5, 0.6) is 0 Å². The third-order valence-electron chi connectivity index (χ3n) is 1.30. The van der Waals surface area contributed by atoms with Gasteiger partial charge in [-0.3, -0.25) is 4.79 Å². The quantitative estimate of drug-likeness (QED) is 0.543. The third-order valence-corrected chi connectivity index (χ3v) is 2.00. The average molecular weight is 228 g/mol. The molecule has 0 heterocycles. The van der Waals surface area contributed by atoms with Gasteiger partial charge in [0.15, 0.2) is 0 Å². The lowest BCUT2D eigenvalue weighted by atomic mass is 10.1. The van der Waals surface area contributed by atoms with Gasteiger partial charge in [0.2, 0.25) is 5.78 Å². The van der Waals surface area contributed by atoms with E-state index in [1.165, 1.54) is 6.07 Å². The highest BCUT2D eigenvalue weighted by Gasteiger charge is 2.08. The number of benzene rings is 1. The summed E-state index contributed by atoms with van der Waals surface area (Å²) < 4.78 is 0.458. The molecule has 62 valence electrons. The second-order valence-electron chi connectivity index (χ2n) is 2.10. The van der Waals surface area contributed by atoms with Gasteiger partial charge in [0.05, 0.1) is 0 Å². The number of carbonyl (C=O) groups excluding carboxylic acids is 2. The minimum absolute atomic E-state index is 0.109. The van der Waals surface area contributed by atoms with E-state index in [0.717, 1.165) is 0 Å². The Morgan fingerprint density at radius 3 is 2.33 bits per heavy atom. The van der Waals surface area contributed by atoms with Crippen LogP contribution in [-0.2, 0) is 4.79 Å². The topological polar surface area (TPSA) is 57.2 Å². The molecular weight excluding hydrogens is 224 g/mol. The molecule has 0 amide bonds. The molecule has 0 saturated heterocycles. The molecule has 0 aromatic heterocycles. The minimum Gasteiger partial charge on any atom is -0.541 e. The van der Waals surface area contributed by atoms with E-state index in [4.69, 9.17) is 0 Å². The summed E-state index contributed by atoms with van der Waals surface area (Å²) in [5.74, 6) is -2.70. The summed E-state index contributed by atoms with van der Waals surface area (Å²) in [6, 6.07) is 6.29. The van der Waals surface area contributed by atoms with Crippen molar-refractivity contribution in [3.63, 3.8) is 0 Å². The van der Waals surface area contributed by atoms with Crippen LogP contribution >= 0.6 is 15.9 Å². The van der Waals surface area contributed by atoms with Crippen LogP contribution in [0.3, 0.4) is 0 Å². The molecule has 0 N–H and O–H groups in total. The maximum atomic E-state index is 10.9. The number of halogens is 1. The number of rotatable bonds is 2. The normalized spacial score (nSPS) is 9.42. The molecular formula is C8H4BrO3-. The van der Waals surface area contributed by atoms with Gasteiger partial charge in [0, 0.05) is 10.0 Å². The van der Waals surface area contributed by atoms with E-state index < -0.39 is 11.8 Å². The Morgan fingerprint density at radius 1 is 1.25 bits per heavy atom. The van der Waals surface area contributed by atoms with Gasteiger partial charge in [-0.25, -0.2) is 0 Å². The van der Waals surface area contributed by atoms with Gasteiger partial charge in [0.1, 0.15) is 5.97 Å². The number of Topliss-reactive ketones (excluding diaryl/α,β-unsaturated/α-hetero) is 1. The minimum atomic E-state index is -1.69. The summed E-state index contributed by atoms with van der Waals surface area (Å²) in [6.45, 7) is 0. The molecule has 0 aliphatic heterocycles. The highest BCUT2D eigenvalue weighted by atomic mass is 79.9. The molecule has 1 rings (SSSR count). The molecule has 0 saturated carbocycles. The van der Waals surface area contributed by atoms with Crippen LogP contribution in [0.25, 0.3) is 0 Å². The van der Waals surface area contributed by atoms with Crippen LogP contribution in [0.2, 0.25) is 0 Å². The van der Waals surface area contributed by atoms with Crippen LogP contribution in [-0.4, -0.2) is 11.8 Å². The Morgan fingerprint density at radius 2 is 1.83 bits per heavy atom. The van der Waals surface area contributed by atoms with E-state index in [1.54, 1.807) is 18.2 Å². The molecule has 0 spiro atoms. The fraction of sp³-hybridized carbons (Fsp3) is 0. The molecule has 0 atom stereocenters. The number of hydrogen-bond donors (Lipinski definition) is 0. The molecule has 0 aliphatic carbocycles. The van der Waals surface area contributed by atoms with Crippen molar-refractivity contribution in [1.29, 1.82) is 0 Å². The molecule has 0 radical (unpaired) electrons. The fourth-order valence-electron chi connectivity index (χ4n) is 0.755. The first-order valence-electron chi connectivity index (χ1n) is 3.13. The Hall–Kier alpha value is -1.16. The van der Waals surface area contributed by atoms with Gasteiger partial charge in [-0.15, -0.1) is 0 Å². The maximum Gasteiger partial charge on any atom is 0.209 e. The summed E-state index contributed by atoms with van der Waals surface area (Å²) >= 11 is 3.05. The first-order chi connectivity index (χ1) is 5.63. The average Bonchev–Trinajstić information content (AvgIpc) is 2.04. The monoisotopic (exact) mass is 227 g/mol. The third kappa shape index (κ3) is 1.71. The Kier molecular flexibility index (Phi) is 2.60. The zero-order valence-corrected chi connectivity index (χ0v) is 7.50. The highest BCUT2D eigenvalue weighted by Crippen LogP contribution is 2.15. The lowest BCUT2D eigenvalue weighted by molar-refractivity contribution is -0.296. The van der Waals surface area contributed by atoms with Gasteiger partial charge >= 0.3 is 0 Å². The Balaban J connectivity index is 3.11. The smallest absolute Gasteiger partial charge is 0.209 e. The largest absolute Gasteiger partial charge is 0.541 e. The van der Waals surface area contributed by atoms with Crippen LogP contribution in [0, 0.1) is 0 Å². The number of carboxylic acids is 1. The van der Waals surface area contributed by atoms with E-state index in [9.17, 15) is 14.7 Å².